The van der Waals surface area contributed by atoms with Gasteiger partial charge in [-0.3, -0.25) is 74.0 Å². The lowest BCUT2D eigenvalue weighted by Gasteiger charge is -2.39. The van der Waals surface area contributed by atoms with Crippen molar-refractivity contribution in [3.8, 4) is 0 Å². The molecule has 0 unspecified atom stereocenters. The van der Waals surface area contributed by atoms with E-state index in [-0.39, 0.29) is 88.6 Å². The molecule has 0 aliphatic rings. The Morgan fingerprint density at radius 1 is 0.279 bits per heavy atom. The van der Waals surface area contributed by atoms with Crippen LogP contribution in [0.2, 0.25) is 0 Å². The van der Waals surface area contributed by atoms with Crippen LogP contribution in [0.3, 0.4) is 0 Å². The van der Waals surface area contributed by atoms with Crippen molar-refractivity contribution in [1.29, 1.82) is 0 Å². The fourth-order valence-electron chi connectivity index (χ4n) is 12.7. The van der Waals surface area contributed by atoms with Crippen molar-refractivity contribution in [2.75, 3.05) is 112 Å². The van der Waals surface area contributed by atoms with Crippen LogP contribution in [0.25, 0.3) is 0 Å². The average molecular weight is 1680 g/mol. The van der Waals surface area contributed by atoms with Gasteiger partial charge in [-0.05, 0) is 213 Å². The molecule has 37 nitrogen and oxygen atoms in total. The predicted octanol–water partition coefficient (Wildman–Crippen LogP) is 18.3. The SMILES string of the molecule is CCOC(=O)C(CCC(=O)OCCN(CC)c1ccc(N=Nc2ccc([N+](=O)[O-])cc2)cc1)(CCC(=O)OCCN(CC)c1ccc(N=Nc2ccc([N+](=O)[O-])cc2)cc1)C(=O)C(CCC(=O)OCCN(CC)c1ccc(N=Nc2ccc([N+](=O)[O-])cc2)cc1)(CCC(=O)OCCN(CC)c1ccc(N=Nc2ccc([N+](=O)[O-])cc2)cc1)C(=O)OCC. The number of Topliss-reactive ketones (excluding diaryl/α,β-unsaturated/α-hetero) is 1. The zero-order chi connectivity index (χ0) is 88.0. The largest absolute Gasteiger partial charge is 0.465 e. The molecule has 8 aromatic rings. The van der Waals surface area contributed by atoms with E-state index < -0.39 is 123 Å². The highest BCUT2D eigenvalue weighted by molar-refractivity contribution is 6.15. The van der Waals surface area contributed by atoms with Gasteiger partial charge in [-0.15, -0.1) is 0 Å². The summed E-state index contributed by atoms with van der Waals surface area (Å²) in [6.45, 7) is 11.0. The zero-order valence-corrected chi connectivity index (χ0v) is 68.3. The number of non-ortho nitro benzene ring substituents is 4. The minimum absolute atomic E-state index is 0.103. The second-order valence-electron chi connectivity index (χ2n) is 27.1. The van der Waals surface area contributed by atoms with Gasteiger partial charge < -0.3 is 48.0 Å². The molecule has 0 fully saturated rings. The van der Waals surface area contributed by atoms with Crippen LogP contribution in [-0.2, 0) is 62.0 Å². The third-order valence-corrected chi connectivity index (χ3v) is 19.5. The Labute approximate surface area is 702 Å². The van der Waals surface area contributed by atoms with Gasteiger partial charge in [-0.1, -0.05) is 0 Å². The Morgan fingerprint density at radius 2 is 0.451 bits per heavy atom. The summed E-state index contributed by atoms with van der Waals surface area (Å²) >= 11 is 0. The number of anilines is 4. The minimum atomic E-state index is -2.64. The van der Waals surface area contributed by atoms with Gasteiger partial charge in [-0.2, -0.15) is 40.9 Å². The summed E-state index contributed by atoms with van der Waals surface area (Å²) in [6, 6.07) is 49.8. The number of carbonyl (C=O) groups excluding carboxylic acids is 7. The molecule has 8 aromatic carbocycles. The van der Waals surface area contributed by atoms with Crippen molar-refractivity contribution in [3.63, 3.8) is 0 Å². The number of benzene rings is 8. The van der Waals surface area contributed by atoms with Gasteiger partial charge in [0.05, 0.1) is 105 Å². The van der Waals surface area contributed by atoms with Crippen molar-refractivity contribution in [3.05, 3.63) is 235 Å². The van der Waals surface area contributed by atoms with E-state index in [2.05, 4.69) is 40.9 Å². The quantitative estimate of drug-likeness (QED) is 0.00853. The standard InChI is InChI=1S/C85H94N16O21/c1-7-94(69-29-13-61(14-30-69)86-90-65-21-37-73(38-22-65)98(109)110)53-57-119-77(102)45-49-84(82(107)117-11-5,50-46-78(103)120-58-54-95(8-2)70-31-15-62(16-32-70)87-91-66-23-39-74(40-24-66)99(111)112)81(106)85(83(108)118-12-6,51-47-79(104)121-59-55-96(9-3)71-33-17-63(18-34-71)88-92-67-25-41-75(42-26-67)100(113)114)52-48-80(105)122-60-56-97(10-4)72-35-19-64(20-36-72)89-93-68-27-43-76(44-28-68)101(115)116/h13-44H,7-12,45-60H2,1-6H3. The molecule has 37 heteroatoms. The summed E-state index contributed by atoms with van der Waals surface area (Å²) in [7, 11) is 0. The number of hydrogen-bond acceptors (Lipinski definition) is 33. The van der Waals surface area contributed by atoms with Crippen LogP contribution < -0.4 is 19.6 Å². The molecule has 640 valence electrons. The van der Waals surface area contributed by atoms with E-state index in [1.807, 2.05) is 47.3 Å². The third kappa shape index (κ3) is 27.8. The molecular formula is C85H94N16O21. The van der Waals surface area contributed by atoms with Gasteiger partial charge in [0.15, 0.2) is 5.78 Å². The Bertz CT molecular complexity index is 4390. The van der Waals surface area contributed by atoms with Gasteiger partial charge >= 0.3 is 35.8 Å². The summed E-state index contributed by atoms with van der Waals surface area (Å²) in [4.78, 5) is 155. The molecule has 0 atom stereocenters. The number of ether oxygens (including phenoxy) is 6. The van der Waals surface area contributed by atoms with Gasteiger partial charge in [0.25, 0.3) is 22.7 Å². The first kappa shape index (κ1) is 93.0. The smallest absolute Gasteiger partial charge is 0.319 e. The maximum absolute atomic E-state index is 16.7. The van der Waals surface area contributed by atoms with Crippen LogP contribution in [0.15, 0.2) is 235 Å². The Morgan fingerprint density at radius 3 is 0.607 bits per heavy atom. The Kier molecular flexibility index (Phi) is 35.9. The third-order valence-electron chi connectivity index (χ3n) is 19.5. The van der Waals surface area contributed by atoms with Crippen molar-refractivity contribution < 1.29 is 81.7 Å². The van der Waals surface area contributed by atoms with Crippen molar-refractivity contribution in [2.45, 2.75) is 92.9 Å². The van der Waals surface area contributed by atoms with Crippen molar-refractivity contribution in [2.24, 2.45) is 51.7 Å². The molecule has 0 saturated heterocycles. The summed E-state index contributed by atoms with van der Waals surface area (Å²) in [5.74, 6) is -7.41. The predicted molar refractivity (Wildman–Crippen MR) is 450 cm³/mol. The topological polar surface area (TPSA) is 459 Å². The highest BCUT2D eigenvalue weighted by Gasteiger charge is 2.59. The number of ketones is 1. The van der Waals surface area contributed by atoms with Crippen LogP contribution in [-0.4, -0.2) is 153 Å². The van der Waals surface area contributed by atoms with Gasteiger partial charge in [0.1, 0.15) is 37.3 Å². The lowest BCUT2D eigenvalue weighted by atomic mass is 9.62. The van der Waals surface area contributed by atoms with E-state index in [0.717, 1.165) is 0 Å². The average Bonchev–Trinajstić information content (AvgIpc) is 0.749. The van der Waals surface area contributed by atoms with E-state index in [1.54, 1.807) is 97.1 Å². The molecule has 0 bridgehead atoms. The van der Waals surface area contributed by atoms with Crippen LogP contribution >= 0.6 is 0 Å². The van der Waals surface area contributed by atoms with E-state index in [0.29, 0.717) is 94.4 Å². The van der Waals surface area contributed by atoms with E-state index in [1.165, 1.54) is 111 Å². The first-order valence-corrected chi connectivity index (χ1v) is 39.4. The molecule has 0 saturated carbocycles. The Balaban J connectivity index is 1.05. The van der Waals surface area contributed by atoms with Crippen LogP contribution in [0.4, 0.5) is 91.0 Å². The number of nitro groups is 4. The number of likely N-dealkylation sites (N-methyl/N-ethyl adjacent to an activating group) is 4. The van der Waals surface area contributed by atoms with Gasteiger partial charge in [0, 0.05) is 123 Å². The molecule has 0 aromatic heterocycles. The highest BCUT2D eigenvalue weighted by Crippen LogP contribution is 2.46. The number of nitro benzene ring substituents is 4. The molecule has 0 aliphatic carbocycles. The summed E-state index contributed by atoms with van der Waals surface area (Å²) in [5.41, 5.74) is 0.508. The molecular weight excluding hydrogens is 1580 g/mol. The summed E-state index contributed by atoms with van der Waals surface area (Å²) in [6.07, 6.45) is -5.79. The minimum Gasteiger partial charge on any atom is -0.465 e. The number of esters is 6. The van der Waals surface area contributed by atoms with Gasteiger partial charge in [0.2, 0.25) is 0 Å². The number of azo groups is 4. The summed E-state index contributed by atoms with van der Waals surface area (Å²) in [5, 5.41) is 78.2. The molecule has 0 heterocycles. The molecule has 0 N–H and O–H groups in total. The van der Waals surface area contributed by atoms with Crippen molar-refractivity contribution >= 4 is 133 Å². The number of nitrogens with zero attached hydrogens (tertiary/aromatic N) is 16. The van der Waals surface area contributed by atoms with E-state index >= 15 is 14.4 Å². The molecule has 0 radical (unpaired) electrons. The van der Waals surface area contributed by atoms with Crippen LogP contribution in [0.5, 0.6) is 0 Å². The van der Waals surface area contributed by atoms with Crippen LogP contribution in [0, 0.1) is 51.3 Å². The summed E-state index contributed by atoms with van der Waals surface area (Å²) < 4.78 is 34.7. The van der Waals surface area contributed by atoms with Crippen LogP contribution in [0.1, 0.15) is 92.9 Å². The second kappa shape index (κ2) is 47.1. The normalized spacial score (nSPS) is 12.2. The monoisotopic (exact) mass is 1670 g/mol. The number of carbonyl (C=O) groups is 7. The second-order valence-corrected chi connectivity index (χ2v) is 27.1. The molecule has 8 rings (SSSR count). The molecule has 0 amide bonds. The lowest BCUT2D eigenvalue weighted by Crippen LogP contribution is -2.54. The fraction of sp³-hybridized carbons (Fsp3) is 0.353. The lowest BCUT2D eigenvalue weighted by molar-refractivity contribution is -0.385. The molecule has 0 spiro atoms. The fourth-order valence-corrected chi connectivity index (χ4v) is 12.7. The van der Waals surface area contributed by atoms with Crippen molar-refractivity contribution in [1.82, 2.24) is 0 Å². The maximum atomic E-state index is 16.7. The first-order chi connectivity index (χ1) is 58.8. The maximum Gasteiger partial charge on any atom is 0.319 e. The van der Waals surface area contributed by atoms with E-state index in [9.17, 15) is 59.6 Å². The Hall–Kier alpha value is -14.6. The van der Waals surface area contributed by atoms with E-state index in [4.69, 9.17) is 28.4 Å². The zero-order valence-electron chi connectivity index (χ0n) is 68.3. The first-order valence-electron chi connectivity index (χ1n) is 39.4. The molecule has 0 aliphatic heterocycles. The number of hydrogen-bond donors (Lipinski definition) is 0. The van der Waals surface area contributed by atoms with Gasteiger partial charge in [-0.25, -0.2) is 0 Å². The number of rotatable bonds is 50. The molecule has 122 heavy (non-hydrogen) atoms. The highest BCUT2D eigenvalue weighted by atomic mass is 16.6.